The van der Waals surface area contributed by atoms with Gasteiger partial charge in [0.2, 0.25) is 0 Å². The molecule has 1 rings (SSSR count). The fourth-order valence-electron chi connectivity index (χ4n) is 1.79. The number of phenols is 1. The minimum Gasteiger partial charge on any atom is -0.508 e. The molecule has 15 heavy (non-hydrogen) atoms. The molecule has 1 N–H and O–H groups in total. The summed E-state index contributed by atoms with van der Waals surface area (Å²) in [4.78, 5) is 0. The highest BCUT2D eigenvalue weighted by molar-refractivity contribution is 5.33. The summed E-state index contributed by atoms with van der Waals surface area (Å²) < 4.78 is 0. The monoisotopic (exact) mass is 206 g/mol. The largest absolute Gasteiger partial charge is 0.508 e. The van der Waals surface area contributed by atoms with Crippen LogP contribution in [0.5, 0.6) is 5.75 Å². The predicted molar refractivity (Wildman–Crippen MR) is 65.3 cm³/mol. The van der Waals surface area contributed by atoms with Gasteiger partial charge in [-0.05, 0) is 48.9 Å². The van der Waals surface area contributed by atoms with Gasteiger partial charge >= 0.3 is 0 Å². The Hall–Kier alpha value is -0.980. The fourth-order valence-corrected chi connectivity index (χ4v) is 1.79. The Morgan fingerprint density at radius 2 is 1.33 bits per heavy atom. The van der Waals surface area contributed by atoms with Crippen LogP contribution in [0.4, 0.5) is 0 Å². The fraction of sp³-hybridized carbons (Fsp3) is 0.571. The lowest BCUT2D eigenvalue weighted by molar-refractivity contribution is 0.473. The maximum absolute atomic E-state index is 9.59. The lowest BCUT2D eigenvalue weighted by Gasteiger charge is -2.06. The van der Waals surface area contributed by atoms with E-state index in [2.05, 4.69) is 19.9 Å². The molecule has 0 spiro atoms. The molecule has 0 radical (unpaired) electrons. The third kappa shape index (κ3) is 4.37. The van der Waals surface area contributed by atoms with Gasteiger partial charge in [0.15, 0.2) is 0 Å². The van der Waals surface area contributed by atoms with Crippen molar-refractivity contribution in [1.82, 2.24) is 0 Å². The highest BCUT2D eigenvalue weighted by Gasteiger charge is 2.00. The van der Waals surface area contributed by atoms with Crippen LogP contribution in [0.2, 0.25) is 0 Å². The second-order valence-electron chi connectivity index (χ2n) is 4.21. The number of aryl methyl sites for hydroxylation is 2. The van der Waals surface area contributed by atoms with Crippen LogP contribution in [-0.2, 0) is 12.8 Å². The number of unbranched alkanes of at least 4 members (excludes halogenated alkanes) is 2. The van der Waals surface area contributed by atoms with Gasteiger partial charge in [-0.2, -0.15) is 0 Å². The second-order valence-corrected chi connectivity index (χ2v) is 4.21. The highest BCUT2D eigenvalue weighted by Crippen LogP contribution is 2.19. The van der Waals surface area contributed by atoms with E-state index in [4.69, 9.17) is 0 Å². The maximum atomic E-state index is 9.59. The topological polar surface area (TPSA) is 20.2 Å². The van der Waals surface area contributed by atoms with Crippen LogP contribution in [0.1, 0.15) is 50.7 Å². The van der Waals surface area contributed by atoms with E-state index in [1.165, 1.54) is 36.8 Å². The van der Waals surface area contributed by atoms with Crippen molar-refractivity contribution in [1.29, 1.82) is 0 Å². The van der Waals surface area contributed by atoms with Crippen molar-refractivity contribution in [2.75, 3.05) is 0 Å². The Morgan fingerprint density at radius 3 is 1.73 bits per heavy atom. The van der Waals surface area contributed by atoms with Gasteiger partial charge in [0.25, 0.3) is 0 Å². The summed E-state index contributed by atoms with van der Waals surface area (Å²) in [7, 11) is 0. The van der Waals surface area contributed by atoms with E-state index < -0.39 is 0 Å². The Bertz CT molecular complexity index is 265. The molecule has 0 aliphatic heterocycles. The van der Waals surface area contributed by atoms with Gasteiger partial charge in [-0.1, -0.05) is 32.8 Å². The predicted octanol–water partition coefficient (Wildman–Crippen LogP) is 4.08. The summed E-state index contributed by atoms with van der Waals surface area (Å²) in [5, 5.41) is 9.59. The molecule has 1 heteroatoms. The zero-order chi connectivity index (χ0) is 11.1. The summed E-state index contributed by atoms with van der Waals surface area (Å²) in [6.45, 7) is 4.39. The number of benzene rings is 1. The summed E-state index contributed by atoms with van der Waals surface area (Å²) in [6.07, 6.45) is 7.00. The molecule has 1 aromatic rings. The van der Waals surface area contributed by atoms with Crippen LogP contribution in [0.3, 0.4) is 0 Å². The third-order valence-electron chi connectivity index (χ3n) is 2.68. The lowest BCUT2D eigenvalue weighted by Crippen LogP contribution is -1.90. The average Bonchev–Trinajstić information content (AvgIpc) is 2.23. The average molecular weight is 206 g/mol. The summed E-state index contributed by atoms with van der Waals surface area (Å²) in [5.74, 6) is 0.426. The van der Waals surface area contributed by atoms with E-state index in [9.17, 15) is 5.11 Å². The van der Waals surface area contributed by atoms with Crippen LogP contribution in [0, 0.1) is 0 Å². The van der Waals surface area contributed by atoms with E-state index in [1.54, 1.807) is 0 Å². The molecular weight excluding hydrogens is 184 g/mol. The zero-order valence-corrected chi connectivity index (χ0v) is 9.92. The first-order valence-electron chi connectivity index (χ1n) is 6.08. The van der Waals surface area contributed by atoms with Gasteiger partial charge in [-0.25, -0.2) is 0 Å². The molecule has 0 aliphatic rings. The Balaban J connectivity index is 2.66. The summed E-state index contributed by atoms with van der Waals surface area (Å²) >= 11 is 0. The summed E-state index contributed by atoms with van der Waals surface area (Å²) in [6, 6.07) is 6.03. The Labute approximate surface area is 93.1 Å². The van der Waals surface area contributed by atoms with E-state index in [-0.39, 0.29) is 0 Å². The van der Waals surface area contributed by atoms with Crippen LogP contribution < -0.4 is 0 Å². The van der Waals surface area contributed by atoms with Gasteiger partial charge in [-0.15, -0.1) is 0 Å². The minimum absolute atomic E-state index is 0.426. The molecule has 0 heterocycles. The SMILES string of the molecule is CCCCc1cc(O)cc(CCCC)c1. The normalized spacial score (nSPS) is 10.5. The Morgan fingerprint density at radius 1 is 0.867 bits per heavy atom. The number of phenolic OH excluding ortho intramolecular Hbond substituents is 1. The van der Waals surface area contributed by atoms with Crippen molar-refractivity contribution in [2.24, 2.45) is 0 Å². The smallest absolute Gasteiger partial charge is 0.116 e. The quantitative estimate of drug-likeness (QED) is 0.743. The van der Waals surface area contributed by atoms with Crippen molar-refractivity contribution in [3.8, 4) is 5.75 Å². The molecule has 0 aromatic heterocycles. The van der Waals surface area contributed by atoms with E-state index in [0.717, 1.165) is 12.8 Å². The first-order valence-corrected chi connectivity index (χ1v) is 6.08. The molecule has 1 aromatic carbocycles. The molecule has 1 nitrogen and oxygen atoms in total. The minimum atomic E-state index is 0.426. The van der Waals surface area contributed by atoms with Crippen LogP contribution in [0.15, 0.2) is 18.2 Å². The molecule has 0 atom stereocenters. The molecule has 0 bridgehead atoms. The molecule has 0 saturated carbocycles. The Kier molecular flexibility index (Phi) is 5.23. The van der Waals surface area contributed by atoms with Crippen molar-refractivity contribution in [3.05, 3.63) is 29.3 Å². The molecule has 0 amide bonds. The number of hydrogen-bond donors (Lipinski definition) is 1. The van der Waals surface area contributed by atoms with Crippen LogP contribution >= 0.6 is 0 Å². The standard InChI is InChI=1S/C14H22O/c1-3-5-7-12-9-13(8-6-4-2)11-14(15)10-12/h9-11,15H,3-8H2,1-2H3. The third-order valence-corrected chi connectivity index (χ3v) is 2.68. The molecule has 0 fully saturated rings. The van der Waals surface area contributed by atoms with Crippen molar-refractivity contribution in [3.63, 3.8) is 0 Å². The van der Waals surface area contributed by atoms with Gasteiger partial charge in [-0.3, -0.25) is 0 Å². The van der Waals surface area contributed by atoms with Crippen molar-refractivity contribution in [2.45, 2.75) is 52.4 Å². The second kappa shape index (κ2) is 6.49. The van der Waals surface area contributed by atoms with Gasteiger partial charge in [0.05, 0.1) is 0 Å². The molecule has 0 aliphatic carbocycles. The summed E-state index contributed by atoms with van der Waals surface area (Å²) in [5.41, 5.74) is 2.56. The van der Waals surface area contributed by atoms with Gasteiger partial charge in [0.1, 0.15) is 5.75 Å². The van der Waals surface area contributed by atoms with Crippen molar-refractivity contribution >= 4 is 0 Å². The van der Waals surface area contributed by atoms with E-state index in [1.807, 2.05) is 12.1 Å². The molecule has 84 valence electrons. The first kappa shape index (κ1) is 12.1. The van der Waals surface area contributed by atoms with Gasteiger partial charge in [0, 0.05) is 0 Å². The highest BCUT2D eigenvalue weighted by atomic mass is 16.3. The number of aromatic hydroxyl groups is 1. The maximum Gasteiger partial charge on any atom is 0.116 e. The molecular formula is C14H22O. The molecule has 0 unspecified atom stereocenters. The van der Waals surface area contributed by atoms with E-state index in [0.29, 0.717) is 5.75 Å². The number of rotatable bonds is 6. The zero-order valence-electron chi connectivity index (χ0n) is 9.92. The van der Waals surface area contributed by atoms with Crippen LogP contribution in [0.25, 0.3) is 0 Å². The van der Waals surface area contributed by atoms with E-state index >= 15 is 0 Å². The van der Waals surface area contributed by atoms with Crippen molar-refractivity contribution < 1.29 is 5.11 Å². The number of hydrogen-bond acceptors (Lipinski definition) is 1. The van der Waals surface area contributed by atoms with Gasteiger partial charge < -0.3 is 5.11 Å². The van der Waals surface area contributed by atoms with Crippen LogP contribution in [-0.4, -0.2) is 5.11 Å². The first-order chi connectivity index (χ1) is 7.26. The lowest BCUT2D eigenvalue weighted by atomic mass is 10.0. The molecule has 0 saturated heterocycles.